The fourth-order valence-corrected chi connectivity index (χ4v) is 3.31. The van der Waals surface area contributed by atoms with Crippen LogP contribution in [0, 0.1) is 5.92 Å². The van der Waals surface area contributed by atoms with Crippen LogP contribution in [-0.4, -0.2) is 80.8 Å². The second kappa shape index (κ2) is 5.34. The SMILES string of the molecule is O=C(Cn1cnnn1)N1C[C@@H]2OCCN(CC3CC3)[C@H]2C1. The second-order valence-corrected chi connectivity index (χ2v) is 6.22. The van der Waals surface area contributed by atoms with E-state index in [-0.39, 0.29) is 18.6 Å². The number of nitrogens with zero attached hydrogens (tertiary/aromatic N) is 6. The normalized spacial score (nSPS) is 29.6. The average molecular weight is 292 g/mol. The molecule has 3 aliphatic rings. The minimum Gasteiger partial charge on any atom is -0.373 e. The van der Waals surface area contributed by atoms with Crippen LogP contribution < -0.4 is 0 Å². The van der Waals surface area contributed by atoms with E-state index in [2.05, 4.69) is 20.4 Å². The van der Waals surface area contributed by atoms with E-state index in [4.69, 9.17) is 4.74 Å². The van der Waals surface area contributed by atoms with E-state index in [1.165, 1.54) is 30.4 Å². The molecule has 0 N–H and O–H groups in total. The second-order valence-electron chi connectivity index (χ2n) is 6.22. The number of aromatic nitrogens is 4. The van der Waals surface area contributed by atoms with Crippen molar-refractivity contribution in [3.63, 3.8) is 0 Å². The molecule has 8 heteroatoms. The molecule has 2 saturated heterocycles. The van der Waals surface area contributed by atoms with Crippen molar-refractivity contribution in [1.82, 2.24) is 30.0 Å². The number of tetrazole rings is 1. The van der Waals surface area contributed by atoms with Crippen molar-refractivity contribution in [2.75, 3.05) is 32.8 Å². The van der Waals surface area contributed by atoms with Crippen molar-refractivity contribution in [2.45, 2.75) is 31.5 Å². The van der Waals surface area contributed by atoms with Gasteiger partial charge in [-0.25, -0.2) is 4.68 Å². The third-order valence-electron chi connectivity index (χ3n) is 4.65. The lowest BCUT2D eigenvalue weighted by molar-refractivity contribution is -0.131. The Labute approximate surface area is 123 Å². The Balaban J connectivity index is 1.39. The summed E-state index contributed by atoms with van der Waals surface area (Å²) in [6.07, 6.45) is 4.35. The summed E-state index contributed by atoms with van der Waals surface area (Å²) in [6, 6.07) is 0.358. The maximum absolute atomic E-state index is 12.3. The zero-order chi connectivity index (χ0) is 14.2. The molecular formula is C13H20N6O2. The summed E-state index contributed by atoms with van der Waals surface area (Å²) >= 11 is 0. The van der Waals surface area contributed by atoms with Gasteiger partial charge in [-0.05, 0) is 29.2 Å². The molecule has 8 nitrogen and oxygen atoms in total. The summed E-state index contributed by atoms with van der Waals surface area (Å²) in [5.41, 5.74) is 0. The molecule has 0 aromatic carbocycles. The van der Waals surface area contributed by atoms with Crippen molar-refractivity contribution < 1.29 is 9.53 Å². The smallest absolute Gasteiger partial charge is 0.244 e. The first-order valence-corrected chi connectivity index (χ1v) is 7.64. The summed E-state index contributed by atoms with van der Waals surface area (Å²) in [4.78, 5) is 16.7. The highest BCUT2D eigenvalue weighted by molar-refractivity contribution is 5.76. The van der Waals surface area contributed by atoms with E-state index in [0.29, 0.717) is 12.6 Å². The van der Waals surface area contributed by atoms with Crippen LogP contribution in [-0.2, 0) is 16.1 Å². The summed E-state index contributed by atoms with van der Waals surface area (Å²) in [5.74, 6) is 0.932. The van der Waals surface area contributed by atoms with Crippen molar-refractivity contribution in [1.29, 1.82) is 0 Å². The van der Waals surface area contributed by atoms with E-state index in [1.807, 2.05) is 4.90 Å². The van der Waals surface area contributed by atoms with Crippen LogP contribution in [0.1, 0.15) is 12.8 Å². The third-order valence-corrected chi connectivity index (χ3v) is 4.65. The molecule has 114 valence electrons. The molecule has 1 aromatic heterocycles. The molecule has 1 amide bonds. The molecule has 1 aliphatic carbocycles. The lowest BCUT2D eigenvalue weighted by atomic mass is 10.1. The Morgan fingerprint density at radius 2 is 2.24 bits per heavy atom. The minimum atomic E-state index is 0.0617. The molecule has 1 saturated carbocycles. The topological polar surface area (TPSA) is 76.4 Å². The fourth-order valence-electron chi connectivity index (χ4n) is 3.31. The summed E-state index contributed by atoms with van der Waals surface area (Å²) in [6.45, 7) is 4.59. The van der Waals surface area contributed by atoms with E-state index in [9.17, 15) is 4.79 Å². The zero-order valence-electron chi connectivity index (χ0n) is 12.0. The number of likely N-dealkylation sites (tertiary alicyclic amines) is 1. The first-order valence-electron chi connectivity index (χ1n) is 7.64. The van der Waals surface area contributed by atoms with Gasteiger partial charge < -0.3 is 9.64 Å². The van der Waals surface area contributed by atoms with Gasteiger partial charge in [0, 0.05) is 26.2 Å². The number of morpholine rings is 1. The molecule has 0 radical (unpaired) electrons. The van der Waals surface area contributed by atoms with Crippen molar-refractivity contribution in [3.05, 3.63) is 6.33 Å². The number of hydrogen-bond donors (Lipinski definition) is 0. The minimum absolute atomic E-state index is 0.0617. The molecule has 2 aliphatic heterocycles. The Morgan fingerprint density at radius 3 is 3.00 bits per heavy atom. The van der Waals surface area contributed by atoms with Crippen LogP contribution in [0.25, 0.3) is 0 Å². The number of rotatable bonds is 4. The molecule has 4 rings (SSSR count). The highest BCUT2D eigenvalue weighted by Gasteiger charge is 2.42. The highest BCUT2D eigenvalue weighted by atomic mass is 16.5. The monoisotopic (exact) mass is 292 g/mol. The van der Waals surface area contributed by atoms with Gasteiger partial charge in [0.15, 0.2) is 0 Å². The van der Waals surface area contributed by atoms with Crippen molar-refractivity contribution in [2.24, 2.45) is 5.92 Å². The molecule has 21 heavy (non-hydrogen) atoms. The number of carbonyl (C=O) groups excluding carboxylic acids is 1. The predicted molar refractivity (Wildman–Crippen MR) is 72.2 cm³/mol. The van der Waals surface area contributed by atoms with Crippen LogP contribution in [0.5, 0.6) is 0 Å². The average Bonchev–Trinajstić information content (AvgIpc) is 2.99. The van der Waals surface area contributed by atoms with Crippen molar-refractivity contribution in [3.8, 4) is 0 Å². The van der Waals surface area contributed by atoms with Crippen LogP contribution in [0.15, 0.2) is 6.33 Å². The van der Waals surface area contributed by atoms with Crippen LogP contribution in [0.3, 0.4) is 0 Å². The Hall–Kier alpha value is -1.54. The lowest BCUT2D eigenvalue weighted by Crippen LogP contribution is -2.51. The Bertz CT molecular complexity index is 503. The van der Waals surface area contributed by atoms with Gasteiger partial charge in [-0.2, -0.15) is 0 Å². The molecule has 3 heterocycles. The van der Waals surface area contributed by atoms with Gasteiger partial charge in [-0.15, -0.1) is 5.10 Å². The Kier molecular flexibility index (Phi) is 3.34. The van der Waals surface area contributed by atoms with Gasteiger partial charge >= 0.3 is 0 Å². The summed E-state index contributed by atoms with van der Waals surface area (Å²) < 4.78 is 7.33. The first kappa shape index (κ1) is 13.1. The molecule has 0 unspecified atom stereocenters. The number of ether oxygens (including phenoxy) is 1. The molecule has 3 fully saturated rings. The third kappa shape index (κ3) is 2.77. The fraction of sp³-hybridized carbons (Fsp3) is 0.846. The largest absolute Gasteiger partial charge is 0.373 e. The quantitative estimate of drug-likeness (QED) is 0.708. The maximum atomic E-state index is 12.3. The highest BCUT2D eigenvalue weighted by Crippen LogP contribution is 2.32. The zero-order valence-corrected chi connectivity index (χ0v) is 12.0. The van der Waals surface area contributed by atoms with Crippen LogP contribution >= 0.6 is 0 Å². The van der Waals surface area contributed by atoms with Gasteiger partial charge in [-0.3, -0.25) is 9.69 Å². The predicted octanol–water partition coefficient (Wildman–Crippen LogP) is -1.01. The molecule has 0 bridgehead atoms. The van der Waals surface area contributed by atoms with Gasteiger partial charge in [0.05, 0.1) is 18.8 Å². The summed E-state index contributed by atoms with van der Waals surface area (Å²) in [7, 11) is 0. The van der Waals surface area contributed by atoms with Gasteiger partial charge in [0.2, 0.25) is 5.91 Å². The van der Waals surface area contributed by atoms with Gasteiger partial charge in [0.1, 0.15) is 12.9 Å². The molecule has 1 aromatic rings. The van der Waals surface area contributed by atoms with Crippen molar-refractivity contribution >= 4 is 5.91 Å². The summed E-state index contributed by atoms with van der Waals surface area (Å²) in [5, 5.41) is 10.9. The number of carbonyl (C=O) groups is 1. The van der Waals surface area contributed by atoms with E-state index in [1.54, 1.807) is 0 Å². The van der Waals surface area contributed by atoms with E-state index >= 15 is 0 Å². The number of fused-ring (bicyclic) bond motifs is 1. The van der Waals surface area contributed by atoms with E-state index in [0.717, 1.165) is 25.6 Å². The van der Waals surface area contributed by atoms with Crippen LogP contribution in [0.4, 0.5) is 0 Å². The van der Waals surface area contributed by atoms with E-state index < -0.39 is 0 Å². The maximum Gasteiger partial charge on any atom is 0.244 e. The Morgan fingerprint density at radius 1 is 1.33 bits per heavy atom. The number of amides is 1. The molecular weight excluding hydrogens is 272 g/mol. The standard InChI is InChI=1S/C13H20N6O2/c20-13(8-19-9-14-15-16-19)18-6-11-12(7-18)21-4-3-17(11)5-10-1-2-10/h9-12H,1-8H2/t11-,12-/m0/s1. The molecule has 2 atom stereocenters. The van der Waals surface area contributed by atoms with Crippen LogP contribution in [0.2, 0.25) is 0 Å². The lowest BCUT2D eigenvalue weighted by Gasteiger charge is -2.36. The van der Waals surface area contributed by atoms with Gasteiger partial charge in [0.25, 0.3) is 0 Å². The van der Waals surface area contributed by atoms with Gasteiger partial charge in [-0.1, -0.05) is 0 Å². The molecule has 0 spiro atoms. The number of hydrogen-bond acceptors (Lipinski definition) is 6. The first-order chi connectivity index (χ1) is 10.3.